The van der Waals surface area contributed by atoms with Crippen molar-refractivity contribution >= 4 is 8.60 Å². The topological polar surface area (TPSA) is 27.7 Å². The molecule has 0 aliphatic carbocycles. The molecule has 0 amide bonds. The average molecular weight is 1550 g/mol. The summed E-state index contributed by atoms with van der Waals surface area (Å²) in [5.41, 5.74) is 15.3. The summed E-state index contributed by atoms with van der Waals surface area (Å²) >= 11 is 0. The summed E-state index contributed by atoms with van der Waals surface area (Å²) in [5, 5.41) is 0. The molecule has 0 unspecified atom stereocenters. The molecule has 0 heterocycles. The minimum atomic E-state index is -2.73. The molecule has 0 radical (unpaired) electrons. The molecule has 6 rings (SSSR count). The van der Waals surface area contributed by atoms with Crippen molar-refractivity contribution in [1.82, 2.24) is 0 Å². The zero-order valence-electron chi connectivity index (χ0n) is 80.3. The lowest BCUT2D eigenvalue weighted by molar-refractivity contribution is -0.0303. The Morgan fingerprint density at radius 2 is 0.295 bits per heavy atom. The number of hydrogen-bond donors (Lipinski definition) is 0. The predicted molar refractivity (Wildman–Crippen MR) is 496 cm³/mol. The molecule has 0 bridgehead atoms. The predicted octanol–water partition coefficient (Wildman–Crippen LogP) is 33.7. The van der Waals surface area contributed by atoms with Gasteiger partial charge in [0.15, 0.2) is 0 Å². The molecule has 0 aliphatic heterocycles. The van der Waals surface area contributed by atoms with Crippen LogP contribution >= 0.6 is 8.60 Å². The second kappa shape index (κ2) is 36.1. The van der Waals surface area contributed by atoms with E-state index in [9.17, 15) is 13.6 Å². The van der Waals surface area contributed by atoms with E-state index in [1.807, 2.05) is 0 Å². The lowest BCUT2D eigenvalue weighted by Gasteiger charge is -2.52. The SMILES string of the molecule is CCCCCCCC(OP(OC(CCCCCCC)(c1c(C(C)(C)C)cccc1C(C)(C)C)c1c(C(C)(C)C)cccc1C(C)(C)C)OC(CCCCCCC)(c1c(C(C)(C)C)cccc1C(C)(C)C)c1c(C(C)(C)C)cccc1C(C)(C)C)(c1c(C(C)(C)C)cccc1C(C)(C)C)c1c(C(C)(C)C)cccc1C(C)(C)C. The van der Waals surface area contributed by atoms with E-state index in [-0.39, 0.29) is 65.0 Å². The average Bonchev–Trinajstić information content (AvgIpc) is 0.706. The van der Waals surface area contributed by atoms with Gasteiger partial charge in [0.2, 0.25) is 0 Å². The van der Waals surface area contributed by atoms with Crippen LogP contribution in [0.1, 0.15) is 486 Å². The van der Waals surface area contributed by atoms with Crippen LogP contribution in [-0.2, 0) is 95.4 Å². The number of benzene rings is 6. The van der Waals surface area contributed by atoms with Crippen LogP contribution in [0.3, 0.4) is 0 Å². The zero-order valence-corrected chi connectivity index (χ0v) is 81.2. The van der Waals surface area contributed by atoms with Gasteiger partial charge in [-0.2, -0.15) is 0 Å². The zero-order chi connectivity index (χ0) is 85.0. The highest BCUT2D eigenvalue weighted by molar-refractivity contribution is 7.41. The first-order valence-electron chi connectivity index (χ1n) is 44.8. The maximum Gasteiger partial charge on any atom is 0.336 e. The van der Waals surface area contributed by atoms with Gasteiger partial charge >= 0.3 is 8.60 Å². The first-order valence-corrected chi connectivity index (χ1v) is 45.9. The highest BCUT2D eigenvalue weighted by Crippen LogP contribution is 2.69. The van der Waals surface area contributed by atoms with Crippen LogP contribution in [-0.4, -0.2) is 0 Å². The largest absolute Gasteiger partial charge is 0.336 e. The van der Waals surface area contributed by atoms with Crippen LogP contribution in [0.2, 0.25) is 0 Å². The fourth-order valence-corrected chi connectivity index (χ4v) is 20.0. The molecular weight excluding hydrogens is 1380 g/mol. The Balaban J connectivity index is 2.36. The van der Waals surface area contributed by atoms with Crippen molar-refractivity contribution < 1.29 is 13.6 Å². The van der Waals surface area contributed by atoms with Gasteiger partial charge in [0.25, 0.3) is 0 Å². The lowest BCUT2D eigenvalue weighted by Crippen LogP contribution is -2.45. The van der Waals surface area contributed by atoms with E-state index in [0.29, 0.717) is 19.3 Å². The molecule has 626 valence electrons. The molecule has 112 heavy (non-hydrogen) atoms. The third kappa shape index (κ3) is 22.5. The van der Waals surface area contributed by atoms with E-state index in [1.165, 1.54) is 119 Å². The van der Waals surface area contributed by atoms with Crippen molar-refractivity contribution in [2.75, 3.05) is 0 Å². The van der Waals surface area contributed by atoms with Gasteiger partial charge in [-0.1, -0.05) is 456 Å². The molecule has 0 spiro atoms. The third-order valence-electron chi connectivity index (χ3n) is 24.1. The molecule has 0 N–H and O–H groups in total. The van der Waals surface area contributed by atoms with Crippen molar-refractivity contribution in [1.29, 1.82) is 0 Å². The second-order valence-electron chi connectivity index (χ2n) is 46.8. The molecule has 0 aliphatic rings. The van der Waals surface area contributed by atoms with E-state index in [1.54, 1.807) is 0 Å². The molecule has 0 atom stereocenters. The van der Waals surface area contributed by atoms with E-state index >= 15 is 0 Å². The number of unbranched alkanes of at least 4 members (excludes halogenated alkanes) is 12. The highest BCUT2D eigenvalue weighted by Gasteiger charge is 2.58. The normalized spacial score (nSPS) is 14.1. The maximum atomic E-state index is 10.1. The first kappa shape index (κ1) is 96.5. The maximum absolute atomic E-state index is 10.1. The molecule has 3 nitrogen and oxygen atoms in total. The van der Waals surface area contributed by atoms with Gasteiger partial charge in [-0.3, -0.25) is 13.6 Å². The van der Waals surface area contributed by atoms with Gasteiger partial charge in [0.05, 0.1) is 0 Å². The van der Waals surface area contributed by atoms with Crippen molar-refractivity contribution in [2.24, 2.45) is 0 Å². The van der Waals surface area contributed by atoms with Gasteiger partial charge in [-0.15, -0.1) is 0 Å². The quantitative estimate of drug-likeness (QED) is 0.0332. The van der Waals surface area contributed by atoms with Crippen molar-refractivity contribution in [3.05, 3.63) is 209 Å². The Hall–Kier alpha value is -4.37. The van der Waals surface area contributed by atoms with Crippen molar-refractivity contribution in [3.8, 4) is 0 Å². The monoisotopic (exact) mass is 1550 g/mol. The summed E-state index contributed by atoms with van der Waals surface area (Å²) in [6, 6.07) is 44.2. The lowest BCUT2D eigenvalue weighted by atomic mass is 9.63. The van der Waals surface area contributed by atoms with Gasteiger partial charge in [0.1, 0.15) is 16.8 Å². The molecule has 0 saturated carbocycles. The molecule has 0 aromatic heterocycles. The van der Waals surface area contributed by atoms with Gasteiger partial charge in [-0.25, -0.2) is 0 Å². The minimum Gasteiger partial charge on any atom is -0.296 e. The molecule has 0 saturated heterocycles. The van der Waals surface area contributed by atoms with Gasteiger partial charge in [0, 0.05) is 0 Å². The van der Waals surface area contributed by atoms with Gasteiger partial charge < -0.3 is 0 Å². The Labute approximate surface area is 694 Å². The summed E-state index contributed by atoms with van der Waals surface area (Å²) < 4.78 is 30.2. The smallest absolute Gasteiger partial charge is 0.296 e. The minimum absolute atomic E-state index is 0.359. The fraction of sp³-hybridized carbons (Fsp3) is 0.667. The number of rotatable bonds is 30. The molecular formula is C108H171O3P. The van der Waals surface area contributed by atoms with Crippen LogP contribution in [0.15, 0.2) is 109 Å². The van der Waals surface area contributed by atoms with E-state index in [2.05, 4.69) is 379 Å². The summed E-state index contributed by atoms with van der Waals surface area (Å²) in [6.45, 7) is 96.0. The standard InChI is InChI=1S/C108H171O3P/c1-40-43-46-49-52-73-106(88-76(94(4,5)6)61-55-62-77(88)95(7,8)9,89-78(96(10,11)12)63-56-64-79(89)97(13,14)15)109-112(110-107(74-53-50-47-44-41-2,90-80(98(16,17)18)65-57-66-81(90)99(19,20)21)91-82(100(22,23)24)67-58-68-83(91)101(25,26)27)111-108(75-54-51-48-45-42-3,92-84(102(28,29)30)69-59-70-85(92)103(31,32)33)93-86(104(34,35)36)71-60-72-87(93)105(37,38)39/h55-72H,40-54,73-75H2,1-39H3. The molecule has 6 aromatic carbocycles. The van der Waals surface area contributed by atoms with Crippen LogP contribution < -0.4 is 0 Å². The van der Waals surface area contributed by atoms with E-state index in [0.717, 1.165) is 77.0 Å². The Bertz CT molecular complexity index is 3180. The van der Waals surface area contributed by atoms with Crippen LogP contribution in [0.25, 0.3) is 0 Å². The Morgan fingerprint density at radius 3 is 0.402 bits per heavy atom. The summed E-state index contributed by atoms with van der Waals surface area (Å²) in [7, 11) is -2.73. The van der Waals surface area contributed by atoms with Crippen LogP contribution in [0, 0.1) is 0 Å². The Morgan fingerprint density at radius 1 is 0.179 bits per heavy atom. The molecule has 4 heteroatoms. The van der Waals surface area contributed by atoms with Gasteiger partial charge in [-0.05, 0) is 204 Å². The first-order chi connectivity index (χ1) is 51.1. The molecule has 0 fully saturated rings. The third-order valence-corrected chi connectivity index (χ3v) is 25.5. The van der Waals surface area contributed by atoms with Crippen molar-refractivity contribution in [2.45, 2.75) is 467 Å². The van der Waals surface area contributed by atoms with E-state index in [4.69, 9.17) is 0 Å². The summed E-state index contributed by atoms with van der Waals surface area (Å²) in [5.74, 6) is 0. The summed E-state index contributed by atoms with van der Waals surface area (Å²) in [6.07, 6.45) is 18.4. The summed E-state index contributed by atoms with van der Waals surface area (Å²) in [4.78, 5) is 0. The van der Waals surface area contributed by atoms with Crippen LogP contribution in [0.5, 0.6) is 0 Å². The Kier molecular flexibility index (Phi) is 31.1. The van der Waals surface area contributed by atoms with E-state index < -0.39 is 25.4 Å². The highest BCUT2D eigenvalue weighted by atomic mass is 31.2. The van der Waals surface area contributed by atoms with Crippen molar-refractivity contribution in [3.63, 3.8) is 0 Å². The number of hydrogen-bond acceptors (Lipinski definition) is 3. The van der Waals surface area contributed by atoms with Crippen LogP contribution in [0.4, 0.5) is 0 Å². The fourth-order valence-electron chi connectivity index (χ4n) is 18.3. The molecule has 6 aromatic rings. The second-order valence-corrected chi connectivity index (χ2v) is 47.8.